The molecular formula is C23H28O3S2. The van der Waals surface area contributed by atoms with Gasteiger partial charge in [-0.1, -0.05) is 38.5 Å². The van der Waals surface area contributed by atoms with Gasteiger partial charge < -0.3 is 9.47 Å². The van der Waals surface area contributed by atoms with Crippen LogP contribution >= 0.6 is 23.5 Å². The smallest absolute Gasteiger partial charge is 0.220 e. The summed E-state index contributed by atoms with van der Waals surface area (Å²) < 4.78 is 10.4. The number of carbonyl (C=O) groups is 1. The van der Waals surface area contributed by atoms with Crippen molar-refractivity contribution in [1.29, 1.82) is 0 Å². The molecule has 0 aromatic heterocycles. The lowest BCUT2D eigenvalue weighted by Crippen LogP contribution is -2.01. The fourth-order valence-electron chi connectivity index (χ4n) is 2.69. The minimum Gasteiger partial charge on any atom is -0.497 e. The molecule has 2 aromatic rings. The van der Waals surface area contributed by atoms with Crippen LogP contribution in [0.5, 0.6) is 11.5 Å². The van der Waals surface area contributed by atoms with E-state index in [2.05, 4.69) is 13.8 Å². The minimum atomic E-state index is 0.136. The van der Waals surface area contributed by atoms with E-state index >= 15 is 0 Å². The zero-order valence-corrected chi connectivity index (χ0v) is 18.6. The molecule has 0 atom stereocenters. The number of hydrogen-bond donors (Lipinski definition) is 0. The van der Waals surface area contributed by atoms with Gasteiger partial charge in [0.25, 0.3) is 0 Å². The summed E-state index contributed by atoms with van der Waals surface area (Å²) in [7, 11) is 3.31. The maximum absolute atomic E-state index is 13.1. The van der Waals surface area contributed by atoms with E-state index in [0.29, 0.717) is 0 Å². The number of allylic oxidation sites excluding steroid dienone is 1. The van der Waals surface area contributed by atoms with Crippen molar-refractivity contribution < 1.29 is 14.3 Å². The molecule has 28 heavy (non-hydrogen) atoms. The second-order valence-corrected chi connectivity index (χ2v) is 8.46. The Bertz CT molecular complexity index is 780. The zero-order valence-electron chi connectivity index (χ0n) is 17.0. The molecule has 0 saturated heterocycles. The Morgan fingerprint density at radius 1 is 0.750 bits per heavy atom. The minimum absolute atomic E-state index is 0.136. The fraction of sp³-hybridized carbons (Fsp3) is 0.348. The van der Waals surface area contributed by atoms with Crippen LogP contribution in [0.15, 0.2) is 68.8 Å². The van der Waals surface area contributed by atoms with E-state index in [0.717, 1.165) is 52.5 Å². The summed E-state index contributed by atoms with van der Waals surface area (Å²) in [6.07, 6.45) is 3.65. The Labute approximate surface area is 176 Å². The van der Waals surface area contributed by atoms with E-state index in [1.165, 1.54) is 16.7 Å². The van der Waals surface area contributed by atoms with Crippen molar-refractivity contribution in [3.05, 3.63) is 59.0 Å². The van der Waals surface area contributed by atoms with Crippen molar-refractivity contribution in [2.75, 3.05) is 14.2 Å². The van der Waals surface area contributed by atoms with Gasteiger partial charge in [-0.25, -0.2) is 0 Å². The summed E-state index contributed by atoms with van der Waals surface area (Å²) in [6.45, 7) is 4.27. The average Bonchev–Trinajstić information content (AvgIpc) is 2.72. The molecule has 0 unspecified atom stereocenters. The van der Waals surface area contributed by atoms with Crippen molar-refractivity contribution in [2.45, 2.75) is 49.3 Å². The SMILES string of the molecule is CCC/C(Sc1ccc(OC)cc1)=C(\CCC)C(=O)Sc1ccc(OC)cc1. The van der Waals surface area contributed by atoms with Crippen LogP contribution in [0.1, 0.15) is 39.5 Å². The van der Waals surface area contributed by atoms with Gasteiger partial charge >= 0.3 is 0 Å². The number of ether oxygens (including phenoxy) is 2. The topological polar surface area (TPSA) is 35.5 Å². The first-order valence-electron chi connectivity index (χ1n) is 9.51. The van der Waals surface area contributed by atoms with Crippen LogP contribution in [0, 0.1) is 0 Å². The first-order chi connectivity index (χ1) is 13.6. The molecule has 0 heterocycles. The summed E-state index contributed by atoms with van der Waals surface area (Å²) in [5.74, 6) is 1.63. The van der Waals surface area contributed by atoms with Crippen molar-refractivity contribution >= 4 is 28.6 Å². The molecule has 3 nitrogen and oxygen atoms in total. The lowest BCUT2D eigenvalue weighted by molar-refractivity contribution is -0.108. The summed E-state index contributed by atoms with van der Waals surface area (Å²) in [6, 6.07) is 15.6. The molecule has 0 bridgehead atoms. The van der Waals surface area contributed by atoms with Crippen LogP contribution < -0.4 is 9.47 Å². The summed E-state index contributed by atoms with van der Waals surface area (Å²) >= 11 is 2.99. The monoisotopic (exact) mass is 416 g/mol. The van der Waals surface area contributed by atoms with Crippen molar-refractivity contribution in [2.24, 2.45) is 0 Å². The number of benzene rings is 2. The molecule has 0 amide bonds. The Morgan fingerprint density at radius 2 is 1.21 bits per heavy atom. The summed E-state index contributed by atoms with van der Waals surface area (Å²) in [5, 5.41) is 0.136. The van der Waals surface area contributed by atoms with Gasteiger partial charge in [0.15, 0.2) is 0 Å². The van der Waals surface area contributed by atoms with Crippen molar-refractivity contribution in [1.82, 2.24) is 0 Å². The second-order valence-electron chi connectivity index (χ2n) is 6.24. The molecule has 2 aromatic carbocycles. The van der Waals surface area contributed by atoms with Crippen LogP contribution in [0.2, 0.25) is 0 Å². The summed E-state index contributed by atoms with van der Waals surface area (Å²) in [4.78, 5) is 16.3. The lowest BCUT2D eigenvalue weighted by atomic mass is 10.1. The normalized spacial score (nSPS) is 11.7. The third-order valence-corrected chi connectivity index (χ3v) is 6.27. The standard InChI is InChI=1S/C23H28O3S2/c1-5-7-21(23(24)28-20-15-11-18(26-4)12-16-20)22(8-6-2)27-19-13-9-17(25-3)10-14-19/h9-16H,5-8H2,1-4H3/b22-21-. The highest BCUT2D eigenvalue weighted by Crippen LogP contribution is 2.37. The predicted octanol–water partition coefficient (Wildman–Crippen LogP) is 6.97. The molecule has 0 radical (unpaired) electrons. The Hall–Kier alpha value is -1.85. The number of thioether (sulfide) groups is 2. The first-order valence-corrected chi connectivity index (χ1v) is 11.1. The first kappa shape index (κ1) is 22.4. The van der Waals surface area contributed by atoms with E-state index in [9.17, 15) is 4.79 Å². The maximum Gasteiger partial charge on any atom is 0.220 e. The Kier molecular flexibility index (Phi) is 9.51. The molecule has 0 aliphatic carbocycles. The Morgan fingerprint density at radius 3 is 1.64 bits per heavy atom. The van der Waals surface area contributed by atoms with Crippen LogP contribution in [-0.2, 0) is 4.79 Å². The average molecular weight is 417 g/mol. The highest BCUT2D eigenvalue weighted by Gasteiger charge is 2.17. The number of hydrogen-bond acceptors (Lipinski definition) is 5. The van der Waals surface area contributed by atoms with Crippen LogP contribution in [0.25, 0.3) is 0 Å². The highest BCUT2D eigenvalue weighted by molar-refractivity contribution is 8.14. The van der Waals surface area contributed by atoms with Crippen LogP contribution in [-0.4, -0.2) is 19.3 Å². The zero-order chi connectivity index (χ0) is 20.4. The number of methoxy groups -OCH3 is 2. The van der Waals surface area contributed by atoms with E-state index < -0.39 is 0 Å². The molecule has 5 heteroatoms. The molecule has 0 spiro atoms. The third-order valence-electron chi connectivity index (χ3n) is 4.13. The quantitative estimate of drug-likeness (QED) is 0.309. The fourth-order valence-corrected chi connectivity index (χ4v) is 4.77. The molecule has 0 fully saturated rings. The highest BCUT2D eigenvalue weighted by atomic mass is 32.2. The van der Waals surface area contributed by atoms with Gasteiger partial charge in [0.05, 0.1) is 14.2 Å². The second kappa shape index (κ2) is 11.9. The van der Waals surface area contributed by atoms with Gasteiger partial charge in [0, 0.05) is 15.4 Å². The summed E-state index contributed by atoms with van der Waals surface area (Å²) in [5.41, 5.74) is 0.936. The van der Waals surface area contributed by atoms with E-state index in [1.54, 1.807) is 26.0 Å². The van der Waals surface area contributed by atoms with Gasteiger partial charge in [-0.15, -0.1) is 0 Å². The predicted molar refractivity (Wildman–Crippen MR) is 120 cm³/mol. The molecule has 0 saturated carbocycles. The van der Waals surface area contributed by atoms with Gasteiger partial charge in [-0.3, -0.25) is 4.79 Å². The molecule has 0 N–H and O–H groups in total. The third kappa shape index (κ3) is 6.64. The molecule has 150 valence electrons. The molecule has 0 aliphatic rings. The van der Waals surface area contributed by atoms with Gasteiger partial charge in [-0.05, 0) is 78.0 Å². The maximum atomic E-state index is 13.1. The van der Waals surface area contributed by atoms with Gasteiger partial charge in [-0.2, -0.15) is 0 Å². The van der Waals surface area contributed by atoms with Crippen molar-refractivity contribution in [3.63, 3.8) is 0 Å². The van der Waals surface area contributed by atoms with Crippen LogP contribution in [0.4, 0.5) is 0 Å². The number of rotatable bonds is 10. The van der Waals surface area contributed by atoms with E-state index in [-0.39, 0.29) is 5.12 Å². The van der Waals surface area contributed by atoms with Gasteiger partial charge in [0.2, 0.25) is 5.12 Å². The molecule has 0 aliphatic heterocycles. The van der Waals surface area contributed by atoms with Gasteiger partial charge in [0.1, 0.15) is 11.5 Å². The lowest BCUT2D eigenvalue weighted by Gasteiger charge is -2.14. The number of carbonyl (C=O) groups excluding carboxylic acids is 1. The molecular weight excluding hydrogens is 388 g/mol. The largest absolute Gasteiger partial charge is 0.497 e. The van der Waals surface area contributed by atoms with E-state index in [1.807, 2.05) is 48.5 Å². The van der Waals surface area contributed by atoms with Crippen molar-refractivity contribution in [3.8, 4) is 11.5 Å². The van der Waals surface area contributed by atoms with Crippen LogP contribution in [0.3, 0.4) is 0 Å². The Balaban J connectivity index is 2.25. The molecule has 2 rings (SSSR count). The van der Waals surface area contributed by atoms with E-state index in [4.69, 9.17) is 9.47 Å².